The molecule has 0 radical (unpaired) electrons. The molecule has 0 bridgehead atoms. The SMILES string of the molecule is COC1CCN(S(=O)(=O)c2ccc(N)cc2C#N)CC1. The highest BCUT2D eigenvalue weighted by Gasteiger charge is 2.31. The third-order valence-electron chi connectivity index (χ3n) is 3.48. The van der Waals surface area contributed by atoms with Crippen LogP contribution in [0.25, 0.3) is 0 Å². The maximum absolute atomic E-state index is 12.6. The molecular weight excluding hydrogens is 278 g/mol. The Labute approximate surface area is 118 Å². The van der Waals surface area contributed by atoms with Crippen LogP contribution in [0.5, 0.6) is 0 Å². The highest BCUT2D eigenvalue weighted by molar-refractivity contribution is 7.89. The van der Waals surface area contributed by atoms with Crippen LogP contribution in [0, 0.1) is 11.3 Å². The fourth-order valence-corrected chi connectivity index (χ4v) is 3.90. The van der Waals surface area contributed by atoms with E-state index in [4.69, 9.17) is 15.7 Å². The zero-order chi connectivity index (χ0) is 14.8. The summed E-state index contributed by atoms with van der Waals surface area (Å²) in [7, 11) is -2.03. The van der Waals surface area contributed by atoms with Crippen molar-refractivity contribution in [3.63, 3.8) is 0 Å². The Kier molecular flexibility index (Phi) is 4.28. The Balaban J connectivity index is 2.30. The van der Waals surface area contributed by atoms with Crippen LogP contribution < -0.4 is 5.73 Å². The van der Waals surface area contributed by atoms with E-state index in [9.17, 15) is 8.42 Å². The summed E-state index contributed by atoms with van der Waals surface area (Å²) in [5, 5.41) is 9.08. The van der Waals surface area contributed by atoms with Crippen LogP contribution in [0.4, 0.5) is 5.69 Å². The van der Waals surface area contributed by atoms with E-state index < -0.39 is 10.0 Å². The second-order valence-electron chi connectivity index (χ2n) is 4.71. The van der Waals surface area contributed by atoms with E-state index in [-0.39, 0.29) is 16.6 Å². The summed E-state index contributed by atoms with van der Waals surface area (Å²) >= 11 is 0. The van der Waals surface area contributed by atoms with Crippen LogP contribution in [0.2, 0.25) is 0 Å². The van der Waals surface area contributed by atoms with Gasteiger partial charge in [0.1, 0.15) is 11.0 Å². The lowest BCUT2D eigenvalue weighted by Gasteiger charge is -2.30. The van der Waals surface area contributed by atoms with Crippen molar-refractivity contribution in [2.24, 2.45) is 0 Å². The van der Waals surface area contributed by atoms with Gasteiger partial charge in [0.05, 0.1) is 11.7 Å². The van der Waals surface area contributed by atoms with E-state index in [1.54, 1.807) is 7.11 Å². The third kappa shape index (κ3) is 2.77. The molecule has 1 aliphatic rings. The van der Waals surface area contributed by atoms with Gasteiger partial charge in [-0.1, -0.05) is 0 Å². The third-order valence-corrected chi connectivity index (χ3v) is 5.43. The summed E-state index contributed by atoms with van der Waals surface area (Å²) in [5.74, 6) is 0. The van der Waals surface area contributed by atoms with E-state index in [0.29, 0.717) is 31.6 Å². The molecule has 20 heavy (non-hydrogen) atoms. The lowest BCUT2D eigenvalue weighted by molar-refractivity contribution is 0.0604. The minimum absolute atomic E-state index is 0.0186. The van der Waals surface area contributed by atoms with Gasteiger partial charge in [-0.25, -0.2) is 8.42 Å². The molecule has 2 rings (SSSR count). The highest BCUT2D eigenvalue weighted by Crippen LogP contribution is 2.25. The molecule has 1 aromatic rings. The van der Waals surface area contributed by atoms with E-state index >= 15 is 0 Å². The number of anilines is 1. The first-order valence-electron chi connectivity index (χ1n) is 6.31. The smallest absolute Gasteiger partial charge is 0.244 e. The molecule has 0 unspecified atom stereocenters. The molecule has 0 aliphatic carbocycles. The maximum atomic E-state index is 12.6. The number of sulfonamides is 1. The van der Waals surface area contributed by atoms with Crippen LogP contribution in [-0.4, -0.2) is 39.0 Å². The number of nitrogens with two attached hydrogens (primary N) is 1. The fraction of sp³-hybridized carbons (Fsp3) is 0.462. The zero-order valence-electron chi connectivity index (χ0n) is 11.2. The molecule has 0 spiro atoms. The van der Waals surface area contributed by atoms with Gasteiger partial charge in [0.15, 0.2) is 0 Å². The monoisotopic (exact) mass is 295 g/mol. The summed E-state index contributed by atoms with van der Waals surface area (Å²) in [6.07, 6.45) is 1.42. The largest absolute Gasteiger partial charge is 0.399 e. The molecule has 2 N–H and O–H groups in total. The number of hydrogen-bond acceptors (Lipinski definition) is 5. The molecule has 0 atom stereocenters. The first kappa shape index (κ1) is 14.8. The molecule has 1 heterocycles. The van der Waals surface area contributed by atoms with Gasteiger partial charge in [0, 0.05) is 25.9 Å². The van der Waals surface area contributed by atoms with E-state index in [0.717, 1.165) is 0 Å². The molecular formula is C13H17N3O3S. The van der Waals surface area contributed by atoms with Gasteiger partial charge in [0.2, 0.25) is 10.0 Å². The summed E-state index contributed by atoms with van der Waals surface area (Å²) in [6, 6.07) is 6.16. The number of nitrogens with zero attached hydrogens (tertiary/aromatic N) is 2. The molecule has 7 heteroatoms. The Morgan fingerprint density at radius 2 is 2.05 bits per heavy atom. The first-order chi connectivity index (χ1) is 9.48. The molecule has 1 aliphatic heterocycles. The van der Waals surface area contributed by atoms with Crippen molar-refractivity contribution < 1.29 is 13.2 Å². The number of nitriles is 1. The Bertz CT molecular complexity index is 629. The predicted octanol–water partition coefficient (Wildman–Crippen LogP) is 0.940. The number of rotatable bonds is 3. The van der Waals surface area contributed by atoms with Crippen molar-refractivity contribution in [1.29, 1.82) is 5.26 Å². The molecule has 1 aromatic carbocycles. The minimum atomic E-state index is -3.65. The topological polar surface area (TPSA) is 96.4 Å². The van der Waals surface area contributed by atoms with Crippen molar-refractivity contribution in [3.8, 4) is 6.07 Å². The second kappa shape index (κ2) is 5.79. The minimum Gasteiger partial charge on any atom is -0.399 e. The second-order valence-corrected chi connectivity index (χ2v) is 6.61. The number of piperidine rings is 1. The van der Waals surface area contributed by atoms with Gasteiger partial charge >= 0.3 is 0 Å². The van der Waals surface area contributed by atoms with E-state index in [1.807, 2.05) is 6.07 Å². The van der Waals surface area contributed by atoms with Crippen molar-refractivity contribution in [2.45, 2.75) is 23.8 Å². The standard InChI is InChI=1S/C13H17N3O3S/c1-19-12-4-6-16(7-5-12)20(17,18)13-3-2-11(15)8-10(13)9-14/h2-3,8,12H,4-7,15H2,1H3. The van der Waals surface area contributed by atoms with Crippen molar-refractivity contribution in [2.75, 3.05) is 25.9 Å². The predicted molar refractivity (Wildman–Crippen MR) is 74.4 cm³/mol. The van der Waals surface area contributed by atoms with Crippen molar-refractivity contribution >= 4 is 15.7 Å². The van der Waals surface area contributed by atoms with Crippen LogP contribution in [0.1, 0.15) is 18.4 Å². The Morgan fingerprint density at radius 3 is 2.60 bits per heavy atom. The quantitative estimate of drug-likeness (QED) is 0.837. The van der Waals surface area contributed by atoms with Gasteiger partial charge in [0.25, 0.3) is 0 Å². The number of hydrogen-bond donors (Lipinski definition) is 1. The molecule has 1 saturated heterocycles. The number of ether oxygens (including phenoxy) is 1. The van der Waals surface area contributed by atoms with Gasteiger partial charge in [-0.2, -0.15) is 9.57 Å². The molecule has 0 amide bonds. The molecule has 108 valence electrons. The van der Waals surface area contributed by atoms with Crippen molar-refractivity contribution in [3.05, 3.63) is 23.8 Å². The fourth-order valence-electron chi connectivity index (χ4n) is 2.31. The lowest BCUT2D eigenvalue weighted by atomic mass is 10.1. The molecule has 6 nitrogen and oxygen atoms in total. The van der Waals surface area contributed by atoms with Crippen LogP contribution in [-0.2, 0) is 14.8 Å². The maximum Gasteiger partial charge on any atom is 0.244 e. The Morgan fingerprint density at radius 1 is 1.40 bits per heavy atom. The van der Waals surface area contributed by atoms with Gasteiger partial charge in [-0.15, -0.1) is 0 Å². The van der Waals surface area contributed by atoms with Crippen LogP contribution in [0.15, 0.2) is 23.1 Å². The number of nitrogen functional groups attached to an aromatic ring is 1. The molecule has 0 saturated carbocycles. The van der Waals surface area contributed by atoms with Crippen LogP contribution >= 0.6 is 0 Å². The average molecular weight is 295 g/mol. The summed E-state index contributed by atoms with van der Waals surface area (Å²) in [6.45, 7) is 0.798. The summed E-state index contributed by atoms with van der Waals surface area (Å²) < 4.78 is 31.8. The molecule has 1 fully saturated rings. The Hall–Kier alpha value is -1.62. The van der Waals surface area contributed by atoms with Gasteiger partial charge in [-0.3, -0.25) is 0 Å². The first-order valence-corrected chi connectivity index (χ1v) is 7.75. The highest BCUT2D eigenvalue weighted by atomic mass is 32.2. The average Bonchev–Trinajstić information content (AvgIpc) is 2.46. The normalized spacial score (nSPS) is 17.8. The van der Waals surface area contributed by atoms with Gasteiger partial charge < -0.3 is 10.5 Å². The zero-order valence-corrected chi connectivity index (χ0v) is 12.1. The van der Waals surface area contributed by atoms with Crippen LogP contribution in [0.3, 0.4) is 0 Å². The summed E-state index contributed by atoms with van der Waals surface area (Å²) in [4.78, 5) is 0.0186. The van der Waals surface area contributed by atoms with Gasteiger partial charge in [-0.05, 0) is 31.0 Å². The lowest BCUT2D eigenvalue weighted by Crippen LogP contribution is -2.40. The summed E-state index contributed by atoms with van der Waals surface area (Å²) in [5.41, 5.74) is 6.04. The number of methoxy groups -OCH3 is 1. The number of benzene rings is 1. The van der Waals surface area contributed by atoms with E-state index in [2.05, 4.69) is 0 Å². The van der Waals surface area contributed by atoms with E-state index in [1.165, 1.54) is 22.5 Å². The molecule has 0 aromatic heterocycles. The van der Waals surface area contributed by atoms with Crippen molar-refractivity contribution in [1.82, 2.24) is 4.31 Å².